The summed E-state index contributed by atoms with van der Waals surface area (Å²) in [4.78, 5) is 34.7. The second-order valence-electron chi connectivity index (χ2n) is 13.2. The first kappa shape index (κ1) is 34.7. The predicted molar refractivity (Wildman–Crippen MR) is 166 cm³/mol. The van der Waals surface area contributed by atoms with Crippen LogP contribution < -0.4 is 10.0 Å². The molecule has 248 valence electrons. The molecule has 1 aromatic carbocycles. The highest BCUT2D eigenvalue weighted by Gasteiger charge is 2.59. The third-order valence-corrected chi connectivity index (χ3v) is 10.5. The molecule has 0 unspecified atom stereocenters. The number of pyridine rings is 1. The van der Waals surface area contributed by atoms with Crippen molar-refractivity contribution in [3.8, 4) is 0 Å². The van der Waals surface area contributed by atoms with Crippen molar-refractivity contribution in [3.63, 3.8) is 0 Å². The van der Waals surface area contributed by atoms with Crippen LogP contribution in [0.1, 0.15) is 82.7 Å². The van der Waals surface area contributed by atoms with Gasteiger partial charge in [0.1, 0.15) is 11.9 Å². The summed E-state index contributed by atoms with van der Waals surface area (Å²) in [7, 11) is -2.90. The second kappa shape index (κ2) is 13.3. The molecule has 4 rings (SSSR count). The van der Waals surface area contributed by atoms with Crippen LogP contribution >= 0.6 is 0 Å². The van der Waals surface area contributed by atoms with Gasteiger partial charge in [-0.25, -0.2) is 9.71 Å². The van der Waals surface area contributed by atoms with Gasteiger partial charge in [-0.15, -0.1) is 0 Å². The zero-order chi connectivity index (χ0) is 33.3. The third kappa shape index (κ3) is 7.62. The van der Waals surface area contributed by atoms with Gasteiger partial charge in [0.25, 0.3) is 5.91 Å². The van der Waals surface area contributed by atoms with Crippen molar-refractivity contribution in [1.29, 1.82) is 0 Å². The fraction of sp³-hybridized carbons (Fsp3) is 0.594. The number of hydrogen-bond donors (Lipinski definition) is 2. The molecule has 2 fully saturated rings. The molecule has 9 nitrogen and oxygen atoms in total. The fourth-order valence-corrected chi connectivity index (χ4v) is 7.62. The van der Waals surface area contributed by atoms with E-state index in [-0.39, 0.29) is 29.9 Å². The summed E-state index contributed by atoms with van der Waals surface area (Å²) in [5.41, 5.74) is -0.795. The Morgan fingerprint density at radius 1 is 1.04 bits per heavy atom. The number of anilines is 1. The molecule has 1 saturated heterocycles. The van der Waals surface area contributed by atoms with Crippen molar-refractivity contribution in [1.82, 2.24) is 18.9 Å². The quantitative estimate of drug-likeness (QED) is 0.379. The van der Waals surface area contributed by atoms with E-state index in [1.165, 1.54) is 18.9 Å². The first-order valence-corrected chi connectivity index (χ1v) is 16.9. The molecule has 0 radical (unpaired) electrons. The lowest BCUT2D eigenvalue weighted by Crippen LogP contribution is -2.55. The summed E-state index contributed by atoms with van der Waals surface area (Å²) < 4.78 is 71.0. The largest absolute Gasteiger partial charge is 0.416 e. The van der Waals surface area contributed by atoms with Gasteiger partial charge in [0, 0.05) is 31.1 Å². The number of aryl methyl sites for hydroxylation is 1. The Morgan fingerprint density at radius 3 is 2.22 bits per heavy atom. The highest BCUT2D eigenvalue weighted by Crippen LogP contribution is 2.50. The lowest BCUT2D eigenvalue weighted by molar-refractivity contribution is -0.145. The van der Waals surface area contributed by atoms with E-state index >= 15 is 0 Å². The number of nitrogens with zero attached hydrogens (tertiary/aromatic N) is 3. The normalized spacial score (nSPS) is 23.3. The summed E-state index contributed by atoms with van der Waals surface area (Å²) in [6.07, 6.45) is -0.654. The Hall–Kier alpha value is -3.19. The Balaban J connectivity index is 1.94. The summed E-state index contributed by atoms with van der Waals surface area (Å²) in [5, 5.41) is 3.22. The molecule has 2 amide bonds. The van der Waals surface area contributed by atoms with Crippen LogP contribution in [-0.2, 0) is 26.0 Å². The number of likely N-dealkylation sites (tertiary alicyclic amines) is 1. The van der Waals surface area contributed by atoms with Crippen molar-refractivity contribution in [2.45, 2.75) is 91.0 Å². The molecule has 13 heteroatoms. The molecule has 4 atom stereocenters. The Labute approximate surface area is 264 Å². The van der Waals surface area contributed by atoms with E-state index in [2.05, 4.69) is 15.0 Å². The fourth-order valence-electron chi connectivity index (χ4n) is 6.75. The number of halogens is 3. The number of nitrogens with one attached hydrogen (secondary N) is 2. The van der Waals surface area contributed by atoms with Gasteiger partial charge >= 0.3 is 16.4 Å². The van der Waals surface area contributed by atoms with Gasteiger partial charge in [0.05, 0.1) is 17.6 Å². The molecule has 2 heterocycles. The molecule has 45 heavy (non-hydrogen) atoms. The highest BCUT2D eigenvalue weighted by atomic mass is 32.2. The summed E-state index contributed by atoms with van der Waals surface area (Å²) in [5.74, 6) is -2.29. The summed E-state index contributed by atoms with van der Waals surface area (Å²) in [6, 6.07) is 8.03. The number of carbonyl (C=O) groups is 2. The van der Waals surface area contributed by atoms with Gasteiger partial charge < -0.3 is 10.2 Å². The SMILES string of the molecule is CCN(C)S(=O)(=O)NC(=O)[C@H]1[C@H](C(C)(C)C)[C@@H](Nc2cc(C(F)(F)F)cc(C)n2)[C@@H](c2ccccc2)N1C(=O)C1CCCCC1. The summed E-state index contributed by atoms with van der Waals surface area (Å²) in [6.45, 7) is 8.83. The van der Waals surface area contributed by atoms with Crippen LogP contribution in [0.5, 0.6) is 0 Å². The molecular formula is C32H44F3N5O4S. The lowest BCUT2D eigenvalue weighted by atomic mass is 9.72. The van der Waals surface area contributed by atoms with E-state index in [1.807, 2.05) is 39.0 Å². The van der Waals surface area contributed by atoms with Crippen LogP contribution in [0, 0.1) is 24.2 Å². The van der Waals surface area contributed by atoms with Crippen LogP contribution in [0.2, 0.25) is 0 Å². The Kier molecular flexibility index (Phi) is 10.2. The Bertz CT molecular complexity index is 1470. The standard InChI is InChI=1S/C32H44F3N5O4S/c1-7-39(6)45(43,44)38-29(41)28-25(31(3,4)5)26(37-24-19-23(32(33,34)35)18-20(2)36-24)27(21-14-10-8-11-15-21)40(28)30(42)22-16-12-9-13-17-22/h8,10-11,14-15,18-19,22,25-28H,7,9,12-13,16-17H2,1-6H3,(H,36,37)(H,38,41)/t25-,26-,27-,28-/m1/s1. The van der Waals surface area contributed by atoms with E-state index in [1.54, 1.807) is 19.1 Å². The first-order valence-electron chi connectivity index (χ1n) is 15.4. The molecule has 0 bridgehead atoms. The number of alkyl halides is 3. The third-order valence-electron chi connectivity index (χ3n) is 8.97. The molecule has 2 N–H and O–H groups in total. The minimum Gasteiger partial charge on any atom is -0.364 e. The molecule has 2 aliphatic rings. The van der Waals surface area contributed by atoms with Gasteiger partial charge in [-0.2, -0.15) is 25.9 Å². The maximum atomic E-state index is 14.6. The molecule has 1 aromatic heterocycles. The van der Waals surface area contributed by atoms with Crippen LogP contribution in [0.4, 0.5) is 19.0 Å². The average molecular weight is 652 g/mol. The number of benzene rings is 1. The monoisotopic (exact) mass is 651 g/mol. The van der Waals surface area contributed by atoms with Crippen molar-refractivity contribution in [2.24, 2.45) is 17.3 Å². The maximum Gasteiger partial charge on any atom is 0.416 e. The topological polar surface area (TPSA) is 112 Å². The molecule has 1 saturated carbocycles. The molecule has 2 aromatic rings. The number of rotatable bonds is 8. The van der Waals surface area contributed by atoms with Gasteiger partial charge in [-0.3, -0.25) is 9.59 Å². The van der Waals surface area contributed by atoms with Crippen molar-refractivity contribution >= 4 is 27.8 Å². The second-order valence-corrected chi connectivity index (χ2v) is 15.0. The van der Waals surface area contributed by atoms with E-state index in [0.717, 1.165) is 35.7 Å². The first-order chi connectivity index (χ1) is 21.0. The number of hydrogen-bond acceptors (Lipinski definition) is 6. The Morgan fingerprint density at radius 2 is 1.67 bits per heavy atom. The summed E-state index contributed by atoms with van der Waals surface area (Å²) >= 11 is 0. The van der Waals surface area contributed by atoms with Crippen LogP contribution in [0.15, 0.2) is 42.5 Å². The van der Waals surface area contributed by atoms with E-state index in [9.17, 15) is 31.2 Å². The number of amides is 2. The van der Waals surface area contributed by atoms with E-state index in [4.69, 9.17) is 0 Å². The van der Waals surface area contributed by atoms with Crippen LogP contribution in [0.3, 0.4) is 0 Å². The number of aromatic nitrogens is 1. The lowest BCUT2D eigenvalue weighted by Gasteiger charge is -2.37. The zero-order valence-electron chi connectivity index (χ0n) is 26.7. The van der Waals surface area contributed by atoms with Gasteiger partial charge in [-0.05, 0) is 42.9 Å². The maximum absolute atomic E-state index is 14.6. The smallest absolute Gasteiger partial charge is 0.364 e. The van der Waals surface area contributed by atoms with Gasteiger partial charge in [0.15, 0.2) is 0 Å². The minimum atomic E-state index is -4.62. The van der Waals surface area contributed by atoms with E-state index in [0.29, 0.717) is 18.4 Å². The number of carbonyl (C=O) groups excluding carboxylic acids is 2. The minimum absolute atomic E-state index is 0.0491. The molecule has 1 aliphatic heterocycles. The highest BCUT2D eigenvalue weighted by molar-refractivity contribution is 7.87. The molecule has 1 aliphatic carbocycles. The van der Waals surface area contributed by atoms with Gasteiger partial charge in [-0.1, -0.05) is 77.3 Å². The van der Waals surface area contributed by atoms with Gasteiger partial charge in [0.2, 0.25) is 5.91 Å². The van der Waals surface area contributed by atoms with Crippen LogP contribution in [-0.4, -0.2) is 60.1 Å². The van der Waals surface area contributed by atoms with Crippen molar-refractivity contribution in [3.05, 3.63) is 59.3 Å². The zero-order valence-corrected chi connectivity index (χ0v) is 27.5. The van der Waals surface area contributed by atoms with E-state index < -0.39 is 57.3 Å². The van der Waals surface area contributed by atoms with Crippen LogP contribution in [0.25, 0.3) is 0 Å². The van der Waals surface area contributed by atoms with Crippen molar-refractivity contribution < 1.29 is 31.2 Å². The molecular weight excluding hydrogens is 607 g/mol. The van der Waals surface area contributed by atoms with Crippen molar-refractivity contribution in [2.75, 3.05) is 18.9 Å². The molecule has 0 spiro atoms. The predicted octanol–water partition coefficient (Wildman–Crippen LogP) is 5.70. The average Bonchev–Trinajstić information content (AvgIpc) is 3.31.